The predicted octanol–water partition coefficient (Wildman–Crippen LogP) is 3.50. The van der Waals surface area contributed by atoms with Crippen LogP contribution in [0.1, 0.15) is 41.3 Å². The van der Waals surface area contributed by atoms with Gasteiger partial charge in [-0.2, -0.15) is 0 Å². The van der Waals surface area contributed by atoms with Crippen molar-refractivity contribution in [3.63, 3.8) is 0 Å². The molecule has 0 aliphatic heterocycles. The highest BCUT2D eigenvalue weighted by molar-refractivity contribution is 6.67. The van der Waals surface area contributed by atoms with Gasteiger partial charge in [0.2, 0.25) is 0 Å². The van der Waals surface area contributed by atoms with Gasteiger partial charge in [-0.25, -0.2) is 0 Å². The number of carbonyl (C=O) groups is 1. The largest absolute Gasteiger partial charge is 0.276 e. The summed E-state index contributed by atoms with van der Waals surface area (Å²) in [7, 11) is 0. The number of rotatable bonds is 2. The average Bonchev–Trinajstić information content (AvgIpc) is 2.03. The molecule has 0 radical (unpaired) electrons. The predicted molar refractivity (Wildman–Crippen MR) is 55.5 cm³/mol. The van der Waals surface area contributed by atoms with Crippen molar-refractivity contribution in [2.24, 2.45) is 0 Å². The zero-order valence-electron chi connectivity index (χ0n) is 8.10. The lowest BCUT2D eigenvalue weighted by Crippen LogP contribution is -1.99. The van der Waals surface area contributed by atoms with Gasteiger partial charge in [0.1, 0.15) is 0 Å². The number of hydrogen-bond acceptors (Lipinski definition) is 1. The molecule has 0 aliphatic carbocycles. The van der Waals surface area contributed by atoms with Crippen LogP contribution in [0.3, 0.4) is 0 Å². The van der Waals surface area contributed by atoms with Crippen molar-refractivity contribution < 1.29 is 4.79 Å². The van der Waals surface area contributed by atoms with Gasteiger partial charge >= 0.3 is 0 Å². The molecule has 0 fully saturated rings. The minimum Gasteiger partial charge on any atom is -0.276 e. The van der Waals surface area contributed by atoms with Gasteiger partial charge in [0.15, 0.2) is 0 Å². The third kappa shape index (κ3) is 2.10. The topological polar surface area (TPSA) is 17.1 Å². The van der Waals surface area contributed by atoms with E-state index in [2.05, 4.69) is 13.8 Å². The number of halogens is 1. The summed E-state index contributed by atoms with van der Waals surface area (Å²) < 4.78 is 0. The Morgan fingerprint density at radius 2 is 2.00 bits per heavy atom. The Bertz CT molecular complexity index is 329. The van der Waals surface area contributed by atoms with E-state index in [1.165, 1.54) is 5.56 Å². The van der Waals surface area contributed by atoms with Gasteiger partial charge in [-0.15, -0.1) is 0 Å². The van der Waals surface area contributed by atoms with Crippen molar-refractivity contribution in [2.45, 2.75) is 26.7 Å². The van der Waals surface area contributed by atoms with Crippen LogP contribution < -0.4 is 0 Å². The Labute approximate surface area is 83.7 Å². The fourth-order valence-electron chi connectivity index (χ4n) is 1.49. The molecule has 1 aromatic carbocycles. The molecule has 13 heavy (non-hydrogen) atoms. The highest BCUT2D eigenvalue weighted by Crippen LogP contribution is 2.22. The molecule has 0 unspecified atom stereocenters. The van der Waals surface area contributed by atoms with E-state index in [1.807, 2.05) is 19.1 Å². The van der Waals surface area contributed by atoms with Crippen molar-refractivity contribution in [3.8, 4) is 0 Å². The molecule has 1 rings (SSSR count). The van der Waals surface area contributed by atoms with Gasteiger partial charge < -0.3 is 0 Å². The highest BCUT2D eigenvalue weighted by atomic mass is 35.5. The molecule has 1 aromatic rings. The van der Waals surface area contributed by atoms with Gasteiger partial charge in [0, 0.05) is 5.56 Å². The smallest absolute Gasteiger partial charge is 0.252 e. The van der Waals surface area contributed by atoms with Gasteiger partial charge in [-0.1, -0.05) is 26.0 Å². The van der Waals surface area contributed by atoms with E-state index in [9.17, 15) is 4.79 Å². The van der Waals surface area contributed by atoms with Crippen molar-refractivity contribution in [2.75, 3.05) is 0 Å². The maximum atomic E-state index is 11.0. The lowest BCUT2D eigenvalue weighted by molar-refractivity contribution is 0.108. The molecule has 0 heterocycles. The molecule has 0 bridgehead atoms. The fraction of sp³-hybridized carbons (Fsp3) is 0.364. The average molecular weight is 197 g/mol. The second-order valence-corrected chi connectivity index (χ2v) is 3.79. The molecular formula is C11H13ClO. The van der Waals surface area contributed by atoms with Crippen LogP contribution in [0.25, 0.3) is 0 Å². The maximum absolute atomic E-state index is 11.0. The van der Waals surface area contributed by atoms with Crippen LogP contribution in [0.15, 0.2) is 18.2 Å². The Morgan fingerprint density at radius 3 is 2.46 bits per heavy atom. The van der Waals surface area contributed by atoms with E-state index in [4.69, 9.17) is 11.6 Å². The SMILES string of the molecule is Cc1c(C(=O)Cl)cccc1C(C)C. The zero-order chi connectivity index (χ0) is 10.0. The third-order valence-corrected chi connectivity index (χ3v) is 2.41. The Hall–Kier alpha value is -0.820. The monoisotopic (exact) mass is 196 g/mol. The summed E-state index contributed by atoms with van der Waals surface area (Å²) in [6.07, 6.45) is 0. The molecule has 1 nitrogen and oxygen atoms in total. The number of hydrogen-bond donors (Lipinski definition) is 0. The lowest BCUT2D eigenvalue weighted by atomic mass is 9.95. The lowest BCUT2D eigenvalue weighted by Gasteiger charge is -2.11. The molecule has 0 amide bonds. The summed E-state index contributed by atoms with van der Waals surface area (Å²) in [4.78, 5) is 11.0. The summed E-state index contributed by atoms with van der Waals surface area (Å²) in [5, 5.41) is -0.375. The van der Waals surface area contributed by atoms with Crippen LogP contribution in [0, 0.1) is 6.92 Å². The summed E-state index contributed by atoms with van der Waals surface area (Å²) in [5.41, 5.74) is 2.80. The molecule has 0 aliphatic rings. The summed E-state index contributed by atoms with van der Waals surface area (Å²) in [6, 6.07) is 5.66. The minimum atomic E-state index is -0.375. The fourth-order valence-corrected chi connectivity index (χ4v) is 1.70. The van der Waals surface area contributed by atoms with Gasteiger partial charge in [0.05, 0.1) is 0 Å². The van der Waals surface area contributed by atoms with Crippen LogP contribution in [-0.4, -0.2) is 5.24 Å². The van der Waals surface area contributed by atoms with Gasteiger partial charge in [-0.05, 0) is 41.6 Å². The quantitative estimate of drug-likeness (QED) is 0.662. The van der Waals surface area contributed by atoms with E-state index in [0.29, 0.717) is 11.5 Å². The summed E-state index contributed by atoms with van der Waals surface area (Å²) >= 11 is 5.45. The molecule has 0 N–H and O–H groups in total. The van der Waals surface area contributed by atoms with Gasteiger partial charge in [0.25, 0.3) is 5.24 Å². The van der Waals surface area contributed by atoms with Crippen LogP contribution in [0.5, 0.6) is 0 Å². The molecule has 0 spiro atoms. The van der Waals surface area contributed by atoms with Crippen LogP contribution >= 0.6 is 11.6 Å². The van der Waals surface area contributed by atoms with Crippen LogP contribution in [-0.2, 0) is 0 Å². The molecular weight excluding hydrogens is 184 g/mol. The zero-order valence-corrected chi connectivity index (χ0v) is 8.85. The summed E-state index contributed by atoms with van der Waals surface area (Å²) in [5.74, 6) is 0.427. The molecule has 0 atom stereocenters. The highest BCUT2D eigenvalue weighted by Gasteiger charge is 2.10. The van der Waals surface area contributed by atoms with E-state index in [-0.39, 0.29) is 5.24 Å². The Morgan fingerprint density at radius 1 is 1.38 bits per heavy atom. The second-order valence-electron chi connectivity index (χ2n) is 3.45. The Kier molecular flexibility index (Phi) is 3.10. The first kappa shape index (κ1) is 10.3. The van der Waals surface area contributed by atoms with Gasteiger partial charge in [-0.3, -0.25) is 4.79 Å². The van der Waals surface area contributed by atoms with E-state index in [0.717, 1.165) is 5.56 Å². The standard InChI is InChI=1S/C11H13ClO/c1-7(2)9-5-4-6-10(8(9)3)11(12)13/h4-7H,1-3H3. The first-order valence-electron chi connectivity index (χ1n) is 4.33. The first-order valence-corrected chi connectivity index (χ1v) is 4.71. The van der Waals surface area contributed by atoms with Crippen molar-refractivity contribution in [1.82, 2.24) is 0 Å². The van der Waals surface area contributed by atoms with E-state index >= 15 is 0 Å². The van der Waals surface area contributed by atoms with Crippen molar-refractivity contribution >= 4 is 16.8 Å². The summed E-state index contributed by atoms with van der Waals surface area (Å²) in [6.45, 7) is 6.14. The number of benzene rings is 1. The molecule has 70 valence electrons. The normalized spacial score (nSPS) is 10.5. The second kappa shape index (κ2) is 3.93. The molecule has 0 aromatic heterocycles. The third-order valence-electron chi connectivity index (χ3n) is 2.21. The molecule has 2 heteroatoms. The van der Waals surface area contributed by atoms with E-state index in [1.54, 1.807) is 6.07 Å². The van der Waals surface area contributed by atoms with Crippen molar-refractivity contribution in [1.29, 1.82) is 0 Å². The van der Waals surface area contributed by atoms with E-state index < -0.39 is 0 Å². The first-order chi connectivity index (χ1) is 6.04. The van der Waals surface area contributed by atoms with Crippen molar-refractivity contribution in [3.05, 3.63) is 34.9 Å². The molecule has 0 saturated carbocycles. The van der Waals surface area contributed by atoms with Crippen LogP contribution in [0.2, 0.25) is 0 Å². The van der Waals surface area contributed by atoms with Crippen LogP contribution in [0.4, 0.5) is 0 Å². The minimum absolute atomic E-state index is 0.375. The maximum Gasteiger partial charge on any atom is 0.252 e. The number of carbonyl (C=O) groups excluding carboxylic acids is 1. The molecule has 0 saturated heterocycles. The Balaban J connectivity index is 3.26.